The molecule has 0 radical (unpaired) electrons. The summed E-state index contributed by atoms with van der Waals surface area (Å²) in [6.45, 7) is 3.02. The zero-order valence-corrected chi connectivity index (χ0v) is 10.3. The Labute approximate surface area is 109 Å². The number of nitrogens with one attached hydrogen (secondary N) is 1. The van der Waals surface area contributed by atoms with Gasteiger partial charge in [-0.05, 0) is 0 Å². The van der Waals surface area contributed by atoms with Crippen molar-refractivity contribution in [3.63, 3.8) is 0 Å². The monoisotopic (exact) mass is 262 g/mol. The maximum absolute atomic E-state index is 10.7. The van der Waals surface area contributed by atoms with Gasteiger partial charge in [-0.25, -0.2) is 15.0 Å². The number of piperazine rings is 1. The minimum Gasteiger partial charge on any atom is -0.480 e. The Kier molecular flexibility index (Phi) is 3.00. The van der Waals surface area contributed by atoms with E-state index in [0.29, 0.717) is 18.7 Å². The number of imidazole rings is 1. The van der Waals surface area contributed by atoms with Crippen molar-refractivity contribution in [1.82, 2.24) is 24.8 Å². The van der Waals surface area contributed by atoms with Gasteiger partial charge in [0.05, 0.1) is 12.9 Å². The lowest BCUT2D eigenvalue weighted by Crippen LogP contribution is -2.48. The molecule has 8 nitrogen and oxygen atoms in total. The molecule has 0 atom stereocenters. The highest BCUT2D eigenvalue weighted by Gasteiger charge is 2.21. The zero-order valence-electron chi connectivity index (χ0n) is 10.3. The van der Waals surface area contributed by atoms with E-state index in [0.717, 1.165) is 24.4 Å². The molecule has 0 saturated carbocycles. The summed E-state index contributed by atoms with van der Waals surface area (Å²) >= 11 is 0. The molecule has 0 aliphatic carbocycles. The van der Waals surface area contributed by atoms with E-state index in [-0.39, 0.29) is 6.54 Å². The minimum absolute atomic E-state index is 0.0943. The summed E-state index contributed by atoms with van der Waals surface area (Å²) in [6.07, 6.45) is 3.10. The smallest absolute Gasteiger partial charge is 0.317 e. The van der Waals surface area contributed by atoms with Crippen LogP contribution < -0.4 is 4.90 Å². The first-order valence-corrected chi connectivity index (χ1v) is 6.07. The fourth-order valence-electron chi connectivity index (χ4n) is 2.30. The normalized spacial score (nSPS) is 16.9. The van der Waals surface area contributed by atoms with Crippen LogP contribution in [0.15, 0.2) is 12.7 Å². The first-order chi connectivity index (χ1) is 9.24. The molecule has 3 rings (SSSR count). The van der Waals surface area contributed by atoms with E-state index in [2.05, 4.69) is 24.8 Å². The van der Waals surface area contributed by atoms with Gasteiger partial charge < -0.3 is 15.0 Å². The van der Waals surface area contributed by atoms with Crippen molar-refractivity contribution in [1.29, 1.82) is 0 Å². The summed E-state index contributed by atoms with van der Waals surface area (Å²) in [4.78, 5) is 30.2. The Morgan fingerprint density at radius 1 is 1.26 bits per heavy atom. The molecule has 100 valence electrons. The summed E-state index contributed by atoms with van der Waals surface area (Å²) in [5.41, 5.74) is 1.48. The number of nitrogens with zero attached hydrogens (tertiary/aromatic N) is 5. The lowest BCUT2D eigenvalue weighted by atomic mass is 10.3. The first kappa shape index (κ1) is 11.8. The molecular weight excluding hydrogens is 248 g/mol. The van der Waals surface area contributed by atoms with Gasteiger partial charge in [-0.15, -0.1) is 0 Å². The molecule has 2 aromatic heterocycles. The van der Waals surface area contributed by atoms with Gasteiger partial charge in [0.2, 0.25) is 0 Å². The molecule has 0 amide bonds. The number of aromatic nitrogens is 4. The highest BCUT2D eigenvalue weighted by molar-refractivity contribution is 5.82. The van der Waals surface area contributed by atoms with Crippen LogP contribution in [0.4, 0.5) is 5.82 Å². The Morgan fingerprint density at radius 2 is 2.05 bits per heavy atom. The third-order valence-electron chi connectivity index (χ3n) is 3.23. The molecular formula is C11H14N6O2. The number of aliphatic carboxylic acids is 1. The van der Waals surface area contributed by atoms with Crippen molar-refractivity contribution < 1.29 is 9.90 Å². The summed E-state index contributed by atoms with van der Waals surface area (Å²) in [5, 5.41) is 8.77. The second-order valence-corrected chi connectivity index (χ2v) is 4.46. The molecule has 2 aromatic rings. The van der Waals surface area contributed by atoms with Crippen LogP contribution in [-0.4, -0.2) is 68.6 Å². The van der Waals surface area contributed by atoms with Crippen molar-refractivity contribution >= 4 is 23.0 Å². The van der Waals surface area contributed by atoms with Crippen molar-refractivity contribution in [2.75, 3.05) is 37.6 Å². The van der Waals surface area contributed by atoms with Crippen molar-refractivity contribution in [2.45, 2.75) is 0 Å². The molecule has 1 saturated heterocycles. The molecule has 1 aliphatic heterocycles. The number of rotatable bonds is 3. The lowest BCUT2D eigenvalue weighted by Gasteiger charge is -2.34. The minimum atomic E-state index is -0.786. The molecule has 1 aliphatic rings. The average Bonchev–Trinajstić information content (AvgIpc) is 2.87. The number of fused-ring (bicyclic) bond motifs is 1. The number of hydrogen-bond donors (Lipinski definition) is 2. The third-order valence-corrected chi connectivity index (χ3v) is 3.23. The highest BCUT2D eigenvalue weighted by atomic mass is 16.4. The van der Waals surface area contributed by atoms with E-state index in [4.69, 9.17) is 5.11 Å². The third kappa shape index (κ3) is 2.34. The summed E-state index contributed by atoms with van der Waals surface area (Å²) in [6, 6.07) is 0. The second kappa shape index (κ2) is 4.81. The summed E-state index contributed by atoms with van der Waals surface area (Å²) in [5.74, 6) is 0.0453. The number of hydrogen-bond acceptors (Lipinski definition) is 6. The van der Waals surface area contributed by atoms with Gasteiger partial charge in [0.1, 0.15) is 11.8 Å². The standard InChI is InChI=1S/C11H14N6O2/c18-8(19)5-16-1-3-17(4-2-16)11-9-10(13-6-12-9)14-7-15-11/h6-7H,1-5H2,(H,18,19)(H,12,13,14,15). The van der Waals surface area contributed by atoms with Crippen LogP contribution >= 0.6 is 0 Å². The zero-order chi connectivity index (χ0) is 13.2. The molecule has 2 N–H and O–H groups in total. The number of carboxylic acids is 1. The van der Waals surface area contributed by atoms with Crippen LogP contribution in [0.25, 0.3) is 11.2 Å². The molecule has 19 heavy (non-hydrogen) atoms. The van der Waals surface area contributed by atoms with Gasteiger partial charge >= 0.3 is 5.97 Å². The average molecular weight is 262 g/mol. The van der Waals surface area contributed by atoms with Gasteiger partial charge in [0.15, 0.2) is 11.5 Å². The van der Waals surface area contributed by atoms with E-state index in [1.807, 2.05) is 4.90 Å². The molecule has 0 unspecified atom stereocenters. The van der Waals surface area contributed by atoms with Gasteiger partial charge in [-0.1, -0.05) is 0 Å². The quantitative estimate of drug-likeness (QED) is 0.773. The topological polar surface area (TPSA) is 98.2 Å². The molecule has 1 fully saturated rings. The first-order valence-electron chi connectivity index (χ1n) is 6.07. The Morgan fingerprint density at radius 3 is 2.79 bits per heavy atom. The fraction of sp³-hybridized carbons (Fsp3) is 0.455. The van der Waals surface area contributed by atoms with Crippen LogP contribution in [-0.2, 0) is 4.79 Å². The fourth-order valence-corrected chi connectivity index (χ4v) is 2.30. The second-order valence-electron chi connectivity index (χ2n) is 4.46. The van der Waals surface area contributed by atoms with Gasteiger partial charge in [0.25, 0.3) is 0 Å². The van der Waals surface area contributed by atoms with E-state index < -0.39 is 5.97 Å². The number of carbonyl (C=O) groups is 1. The molecule has 8 heteroatoms. The van der Waals surface area contributed by atoms with Crippen LogP contribution in [0.5, 0.6) is 0 Å². The molecule has 3 heterocycles. The summed E-state index contributed by atoms with van der Waals surface area (Å²) in [7, 11) is 0. The number of H-pyrrole nitrogens is 1. The Bertz CT molecular complexity index is 590. The van der Waals surface area contributed by atoms with Crippen LogP contribution in [0.3, 0.4) is 0 Å². The Hall–Kier alpha value is -2.22. The van der Waals surface area contributed by atoms with Gasteiger partial charge in [-0.3, -0.25) is 9.69 Å². The lowest BCUT2D eigenvalue weighted by molar-refractivity contribution is -0.138. The van der Waals surface area contributed by atoms with Crippen molar-refractivity contribution in [3.05, 3.63) is 12.7 Å². The predicted octanol–water partition coefficient (Wildman–Crippen LogP) is -0.440. The van der Waals surface area contributed by atoms with Crippen LogP contribution in [0, 0.1) is 0 Å². The highest BCUT2D eigenvalue weighted by Crippen LogP contribution is 2.20. The number of aromatic amines is 1. The summed E-state index contributed by atoms with van der Waals surface area (Å²) < 4.78 is 0. The maximum Gasteiger partial charge on any atom is 0.317 e. The number of anilines is 1. The number of carboxylic acid groups (broad SMARTS) is 1. The Balaban J connectivity index is 1.75. The largest absolute Gasteiger partial charge is 0.480 e. The van der Waals surface area contributed by atoms with Crippen molar-refractivity contribution in [2.24, 2.45) is 0 Å². The molecule has 0 spiro atoms. The van der Waals surface area contributed by atoms with E-state index in [1.165, 1.54) is 6.33 Å². The van der Waals surface area contributed by atoms with Gasteiger partial charge in [0, 0.05) is 26.2 Å². The van der Waals surface area contributed by atoms with Crippen molar-refractivity contribution in [3.8, 4) is 0 Å². The van der Waals surface area contributed by atoms with E-state index in [9.17, 15) is 4.79 Å². The predicted molar refractivity (Wildman–Crippen MR) is 68.0 cm³/mol. The van der Waals surface area contributed by atoms with Gasteiger partial charge in [-0.2, -0.15) is 0 Å². The maximum atomic E-state index is 10.7. The SMILES string of the molecule is O=C(O)CN1CCN(c2ncnc3nc[nH]c23)CC1. The van der Waals surface area contributed by atoms with E-state index in [1.54, 1.807) is 6.33 Å². The van der Waals surface area contributed by atoms with Crippen LogP contribution in [0.2, 0.25) is 0 Å². The molecule has 0 bridgehead atoms. The molecule has 0 aromatic carbocycles. The van der Waals surface area contributed by atoms with E-state index >= 15 is 0 Å². The van der Waals surface area contributed by atoms with Crippen LogP contribution in [0.1, 0.15) is 0 Å².